The number of hydrogen-bond donors (Lipinski definition) is 1. The summed E-state index contributed by atoms with van der Waals surface area (Å²) >= 11 is 0. The summed E-state index contributed by atoms with van der Waals surface area (Å²) < 4.78 is 0. The van der Waals surface area contributed by atoms with E-state index in [9.17, 15) is 0 Å². The van der Waals surface area contributed by atoms with Gasteiger partial charge in [0.15, 0.2) is 0 Å². The third-order valence-electron chi connectivity index (χ3n) is 3.75. The number of nitrogens with zero attached hydrogens (tertiary/aromatic N) is 1. The van der Waals surface area contributed by atoms with Crippen molar-refractivity contribution in [2.24, 2.45) is 5.92 Å². The molecule has 1 fully saturated rings. The lowest BCUT2D eigenvalue weighted by Gasteiger charge is -2.30. The lowest BCUT2D eigenvalue weighted by Crippen LogP contribution is -2.40. The molecule has 0 amide bonds. The van der Waals surface area contributed by atoms with E-state index in [2.05, 4.69) is 50.7 Å². The van der Waals surface area contributed by atoms with Crippen molar-refractivity contribution in [3.63, 3.8) is 0 Å². The Morgan fingerprint density at radius 1 is 1.39 bits per heavy atom. The van der Waals surface area contributed by atoms with Gasteiger partial charge in [-0.25, -0.2) is 0 Å². The maximum absolute atomic E-state index is 4.17. The first-order valence-electron chi connectivity index (χ1n) is 7.37. The van der Waals surface area contributed by atoms with E-state index in [1.807, 2.05) is 0 Å². The normalized spacial score (nSPS) is 19.3. The Kier molecular flexibility index (Phi) is 6.48. The van der Waals surface area contributed by atoms with Crippen LogP contribution in [0.25, 0.3) is 0 Å². The molecule has 1 rings (SSSR count). The summed E-state index contributed by atoms with van der Waals surface area (Å²) in [5, 5.41) is 3.59. The van der Waals surface area contributed by atoms with Crippen molar-refractivity contribution in [3.05, 3.63) is 23.9 Å². The number of likely N-dealkylation sites (tertiary alicyclic amines) is 1. The third kappa shape index (κ3) is 5.26. The van der Waals surface area contributed by atoms with Gasteiger partial charge in [0.2, 0.25) is 0 Å². The molecule has 1 aliphatic heterocycles. The molecule has 0 spiro atoms. The van der Waals surface area contributed by atoms with Gasteiger partial charge in [-0.2, -0.15) is 0 Å². The predicted octanol–water partition coefficient (Wildman–Crippen LogP) is 3.57. The van der Waals surface area contributed by atoms with Crippen molar-refractivity contribution in [3.8, 4) is 0 Å². The summed E-state index contributed by atoms with van der Waals surface area (Å²) in [6.07, 6.45) is 7.13. The molecule has 0 saturated carbocycles. The summed E-state index contributed by atoms with van der Waals surface area (Å²) in [7, 11) is 2.20. The highest BCUT2D eigenvalue weighted by Gasteiger charge is 2.16. The smallest absolute Gasteiger partial charge is 0.0285 e. The van der Waals surface area contributed by atoms with Crippen molar-refractivity contribution in [1.82, 2.24) is 10.2 Å². The fourth-order valence-electron chi connectivity index (χ4n) is 2.50. The van der Waals surface area contributed by atoms with E-state index in [1.165, 1.54) is 44.3 Å². The highest BCUT2D eigenvalue weighted by atomic mass is 15.1. The van der Waals surface area contributed by atoms with Gasteiger partial charge in [0.1, 0.15) is 0 Å². The average molecular weight is 250 g/mol. The van der Waals surface area contributed by atoms with Crippen LogP contribution in [0.1, 0.15) is 46.5 Å². The molecule has 0 aromatic rings. The second-order valence-corrected chi connectivity index (χ2v) is 5.87. The molecule has 1 heterocycles. The molecule has 2 nitrogen and oxygen atoms in total. The molecule has 0 aromatic heterocycles. The SMILES string of the molecule is C=C(/C=C(\CCC)C(C)C)NC1CCN(C)CC1. The molecule has 18 heavy (non-hydrogen) atoms. The van der Waals surface area contributed by atoms with Crippen LogP contribution in [0, 0.1) is 5.92 Å². The van der Waals surface area contributed by atoms with Crippen LogP contribution in [0.3, 0.4) is 0 Å². The first-order valence-corrected chi connectivity index (χ1v) is 7.37. The number of allylic oxidation sites excluding steroid dienone is 2. The first kappa shape index (κ1) is 15.3. The predicted molar refractivity (Wildman–Crippen MR) is 80.6 cm³/mol. The minimum atomic E-state index is 0.611. The number of nitrogens with one attached hydrogen (secondary N) is 1. The molecule has 0 aromatic carbocycles. The molecular weight excluding hydrogens is 220 g/mol. The fourth-order valence-corrected chi connectivity index (χ4v) is 2.50. The lowest BCUT2D eigenvalue weighted by molar-refractivity contribution is 0.242. The highest BCUT2D eigenvalue weighted by molar-refractivity contribution is 5.21. The van der Waals surface area contributed by atoms with Crippen molar-refractivity contribution in [2.45, 2.75) is 52.5 Å². The first-order chi connectivity index (χ1) is 8.52. The van der Waals surface area contributed by atoms with Gasteiger partial charge < -0.3 is 10.2 Å². The molecule has 1 aliphatic rings. The van der Waals surface area contributed by atoms with E-state index in [1.54, 1.807) is 0 Å². The van der Waals surface area contributed by atoms with E-state index < -0.39 is 0 Å². The maximum Gasteiger partial charge on any atom is 0.0285 e. The topological polar surface area (TPSA) is 15.3 Å². The zero-order valence-corrected chi connectivity index (χ0v) is 12.6. The highest BCUT2D eigenvalue weighted by Crippen LogP contribution is 2.18. The zero-order valence-electron chi connectivity index (χ0n) is 12.6. The van der Waals surface area contributed by atoms with E-state index in [-0.39, 0.29) is 0 Å². The molecule has 2 heteroatoms. The molecule has 0 atom stereocenters. The number of rotatable bonds is 6. The Morgan fingerprint density at radius 3 is 2.50 bits per heavy atom. The third-order valence-corrected chi connectivity index (χ3v) is 3.75. The second-order valence-electron chi connectivity index (χ2n) is 5.87. The number of piperidine rings is 1. The standard InChI is InChI=1S/C16H30N2/c1-6-7-15(13(2)3)12-14(4)17-16-8-10-18(5)11-9-16/h12-13,16-17H,4,6-11H2,1-3,5H3/b15-12+. The Balaban J connectivity index is 2.46. The van der Waals surface area contributed by atoms with Gasteiger partial charge in [-0.3, -0.25) is 0 Å². The van der Waals surface area contributed by atoms with E-state index in [0.29, 0.717) is 12.0 Å². The van der Waals surface area contributed by atoms with Crippen LogP contribution in [0.5, 0.6) is 0 Å². The van der Waals surface area contributed by atoms with Gasteiger partial charge in [-0.15, -0.1) is 0 Å². The van der Waals surface area contributed by atoms with Crippen LogP contribution in [-0.2, 0) is 0 Å². The monoisotopic (exact) mass is 250 g/mol. The molecule has 0 aliphatic carbocycles. The second kappa shape index (κ2) is 7.63. The average Bonchev–Trinajstić information content (AvgIpc) is 2.31. The summed E-state index contributed by atoms with van der Waals surface area (Å²) in [5.74, 6) is 0.626. The van der Waals surface area contributed by atoms with Crippen molar-refractivity contribution < 1.29 is 0 Å². The van der Waals surface area contributed by atoms with Crippen LogP contribution in [0.15, 0.2) is 23.9 Å². The van der Waals surface area contributed by atoms with E-state index in [4.69, 9.17) is 0 Å². The molecule has 0 radical (unpaired) electrons. The fraction of sp³-hybridized carbons (Fsp3) is 0.750. The summed E-state index contributed by atoms with van der Waals surface area (Å²) in [6, 6.07) is 0.611. The molecule has 0 bridgehead atoms. The molecule has 1 N–H and O–H groups in total. The van der Waals surface area contributed by atoms with E-state index in [0.717, 1.165) is 5.70 Å². The van der Waals surface area contributed by atoms with Crippen molar-refractivity contribution in [2.75, 3.05) is 20.1 Å². The summed E-state index contributed by atoms with van der Waals surface area (Å²) in [4.78, 5) is 2.40. The lowest BCUT2D eigenvalue weighted by atomic mass is 9.97. The van der Waals surface area contributed by atoms with Crippen LogP contribution in [-0.4, -0.2) is 31.1 Å². The van der Waals surface area contributed by atoms with Gasteiger partial charge >= 0.3 is 0 Å². The van der Waals surface area contributed by atoms with Crippen LogP contribution < -0.4 is 5.32 Å². The van der Waals surface area contributed by atoms with Gasteiger partial charge in [0.05, 0.1) is 0 Å². The Hall–Kier alpha value is -0.760. The molecule has 0 unspecified atom stereocenters. The Bertz CT molecular complexity index is 283. The number of hydrogen-bond acceptors (Lipinski definition) is 2. The Labute approximate surface area is 113 Å². The van der Waals surface area contributed by atoms with Crippen LogP contribution >= 0.6 is 0 Å². The van der Waals surface area contributed by atoms with Gasteiger partial charge in [-0.05, 0) is 51.4 Å². The van der Waals surface area contributed by atoms with Crippen LogP contribution in [0.4, 0.5) is 0 Å². The van der Waals surface area contributed by atoms with Crippen LogP contribution in [0.2, 0.25) is 0 Å². The van der Waals surface area contributed by atoms with Crippen molar-refractivity contribution in [1.29, 1.82) is 0 Å². The minimum Gasteiger partial charge on any atom is -0.383 e. The Morgan fingerprint density at radius 2 is 2.00 bits per heavy atom. The molecular formula is C16H30N2. The quantitative estimate of drug-likeness (QED) is 0.725. The van der Waals surface area contributed by atoms with Gasteiger partial charge in [0.25, 0.3) is 0 Å². The van der Waals surface area contributed by atoms with Gasteiger partial charge in [0, 0.05) is 11.7 Å². The van der Waals surface area contributed by atoms with Gasteiger partial charge in [-0.1, -0.05) is 39.3 Å². The molecule has 104 valence electrons. The molecule has 1 saturated heterocycles. The minimum absolute atomic E-state index is 0.611. The largest absolute Gasteiger partial charge is 0.383 e. The summed E-state index contributed by atoms with van der Waals surface area (Å²) in [5.41, 5.74) is 2.62. The van der Waals surface area contributed by atoms with E-state index >= 15 is 0 Å². The van der Waals surface area contributed by atoms with Crippen molar-refractivity contribution >= 4 is 0 Å². The summed E-state index contributed by atoms with van der Waals surface area (Å²) in [6.45, 7) is 13.3. The zero-order chi connectivity index (χ0) is 13.5. The maximum atomic E-state index is 4.17.